The van der Waals surface area contributed by atoms with E-state index in [1.165, 1.54) is 57.8 Å². The quantitative estimate of drug-likeness (QED) is 0.227. The van der Waals surface area contributed by atoms with E-state index in [9.17, 15) is 9.90 Å². The van der Waals surface area contributed by atoms with Crippen LogP contribution in [0.1, 0.15) is 84.0 Å². The number of hydrogen-bond donors (Lipinski definition) is 2. The van der Waals surface area contributed by atoms with Gasteiger partial charge >= 0.3 is 0 Å². The molecular weight excluding hydrogens is 310 g/mol. The molecule has 0 bridgehead atoms. The van der Waals surface area contributed by atoms with Gasteiger partial charge in [0.15, 0.2) is 0 Å². The summed E-state index contributed by atoms with van der Waals surface area (Å²) in [6.45, 7) is 2.25. The third-order valence-corrected chi connectivity index (χ3v) is 4.34. The Kier molecular flexibility index (Phi) is 12.4. The Hall–Kier alpha value is -1.77. The molecule has 0 heterocycles. The first-order valence-corrected chi connectivity index (χ1v) is 9.97. The number of carbonyl (C=O) groups is 1. The molecule has 0 spiro atoms. The molecule has 1 aromatic rings. The van der Waals surface area contributed by atoms with Gasteiger partial charge in [-0.05, 0) is 44.2 Å². The van der Waals surface area contributed by atoms with Crippen LogP contribution in [0.5, 0.6) is 5.75 Å². The maximum Gasteiger partial charge on any atom is 0.224 e. The SMILES string of the molecule is CCCCCC/C=C\CCCCCCCC(=O)Nc1ccccc1O. The number of anilines is 1. The largest absolute Gasteiger partial charge is 0.506 e. The summed E-state index contributed by atoms with van der Waals surface area (Å²) in [6.07, 6.45) is 18.6. The summed E-state index contributed by atoms with van der Waals surface area (Å²) in [4.78, 5) is 11.8. The number of nitrogens with one attached hydrogen (secondary N) is 1. The molecule has 2 N–H and O–H groups in total. The molecule has 0 unspecified atom stereocenters. The van der Waals surface area contributed by atoms with E-state index in [0.29, 0.717) is 12.1 Å². The number of unbranched alkanes of at least 4 members (excludes halogenated alkanes) is 9. The van der Waals surface area contributed by atoms with Crippen LogP contribution in [0.15, 0.2) is 36.4 Å². The number of carbonyl (C=O) groups excluding carboxylic acids is 1. The normalized spacial score (nSPS) is 11.1. The van der Waals surface area contributed by atoms with Crippen LogP contribution >= 0.6 is 0 Å². The predicted octanol–water partition coefficient (Wildman–Crippen LogP) is 6.59. The molecule has 25 heavy (non-hydrogen) atoms. The highest BCUT2D eigenvalue weighted by Crippen LogP contribution is 2.21. The van der Waals surface area contributed by atoms with E-state index in [2.05, 4.69) is 24.4 Å². The first-order valence-electron chi connectivity index (χ1n) is 9.97. The minimum Gasteiger partial charge on any atom is -0.506 e. The lowest BCUT2D eigenvalue weighted by atomic mass is 10.1. The van der Waals surface area contributed by atoms with Crippen molar-refractivity contribution in [3.05, 3.63) is 36.4 Å². The molecule has 0 aliphatic rings. The smallest absolute Gasteiger partial charge is 0.224 e. The molecule has 1 rings (SSSR count). The summed E-state index contributed by atoms with van der Waals surface area (Å²) in [5, 5.41) is 12.4. The minimum absolute atomic E-state index is 0.0208. The summed E-state index contributed by atoms with van der Waals surface area (Å²) >= 11 is 0. The summed E-state index contributed by atoms with van der Waals surface area (Å²) in [7, 11) is 0. The van der Waals surface area contributed by atoms with Gasteiger partial charge in [0.05, 0.1) is 5.69 Å². The molecule has 3 heteroatoms. The van der Waals surface area contributed by atoms with Gasteiger partial charge in [-0.1, -0.05) is 69.7 Å². The van der Waals surface area contributed by atoms with Gasteiger partial charge in [-0.25, -0.2) is 0 Å². The molecule has 0 saturated heterocycles. The molecule has 0 aliphatic carbocycles. The van der Waals surface area contributed by atoms with Crippen LogP contribution in [0.4, 0.5) is 5.69 Å². The molecule has 1 amide bonds. The summed E-state index contributed by atoms with van der Waals surface area (Å²) < 4.78 is 0. The van der Waals surface area contributed by atoms with Crippen LogP contribution in [-0.2, 0) is 4.79 Å². The van der Waals surface area contributed by atoms with E-state index >= 15 is 0 Å². The van der Waals surface area contributed by atoms with Crippen LogP contribution in [0.25, 0.3) is 0 Å². The Labute approximate surface area is 153 Å². The molecule has 3 nitrogen and oxygen atoms in total. The Morgan fingerprint density at radius 3 is 2.20 bits per heavy atom. The standard InChI is InChI=1S/C22H35NO2/c1-2-3-4-5-6-7-8-9-10-11-12-13-14-19-22(25)23-20-17-15-16-18-21(20)24/h7-8,15-18,24H,2-6,9-14,19H2,1H3,(H,23,25)/b8-7-. The van der Waals surface area contributed by atoms with Gasteiger partial charge in [0.1, 0.15) is 5.75 Å². The van der Waals surface area contributed by atoms with Gasteiger partial charge in [0.2, 0.25) is 5.91 Å². The number of hydrogen-bond acceptors (Lipinski definition) is 2. The zero-order chi connectivity index (χ0) is 18.2. The molecule has 0 fully saturated rings. The third kappa shape index (κ3) is 11.4. The first kappa shape index (κ1) is 21.3. The Bertz CT molecular complexity index is 497. The maximum atomic E-state index is 11.8. The average molecular weight is 346 g/mol. The van der Waals surface area contributed by atoms with Crippen LogP contribution in [0.2, 0.25) is 0 Å². The highest BCUT2D eigenvalue weighted by Gasteiger charge is 2.05. The maximum absolute atomic E-state index is 11.8. The summed E-state index contributed by atoms with van der Waals surface area (Å²) in [5.74, 6) is 0.0989. The van der Waals surface area contributed by atoms with Crippen molar-refractivity contribution >= 4 is 11.6 Å². The number of amides is 1. The average Bonchev–Trinajstić information content (AvgIpc) is 2.61. The van der Waals surface area contributed by atoms with Crippen molar-refractivity contribution in [1.82, 2.24) is 0 Å². The van der Waals surface area contributed by atoms with Crippen molar-refractivity contribution in [2.75, 3.05) is 5.32 Å². The van der Waals surface area contributed by atoms with Gasteiger partial charge in [-0.15, -0.1) is 0 Å². The van der Waals surface area contributed by atoms with Gasteiger partial charge < -0.3 is 10.4 Å². The number of para-hydroxylation sites is 2. The fraction of sp³-hybridized carbons (Fsp3) is 0.591. The molecule has 1 aromatic carbocycles. The summed E-state index contributed by atoms with van der Waals surface area (Å²) in [5.41, 5.74) is 0.494. The monoisotopic (exact) mass is 345 g/mol. The first-order chi connectivity index (χ1) is 12.2. The lowest BCUT2D eigenvalue weighted by Crippen LogP contribution is -2.11. The molecule has 140 valence electrons. The molecule has 0 atom stereocenters. The number of benzene rings is 1. The van der Waals surface area contributed by atoms with Crippen molar-refractivity contribution in [2.45, 2.75) is 84.0 Å². The molecular formula is C22H35NO2. The molecule has 0 aromatic heterocycles. The lowest BCUT2D eigenvalue weighted by Gasteiger charge is -2.06. The van der Waals surface area contributed by atoms with Gasteiger partial charge in [0, 0.05) is 6.42 Å². The predicted molar refractivity (Wildman–Crippen MR) is 107 cm³/mol. The second-order valence-corrected chi connectivity index (χ2v) is 6.69. The lowest BCUT2D eigenvalue weighted by molar-refractivity contribution is -0.116. The van der Waals surface area contributed by atoms with E-state index < -0.39 is 0 Å². The topological polar surface area (TPSA) is 49.3 Å². The van der Waals surface area contributed by atoms with E-state index in [1.54, 1.807) is 24.3 Å². The molecule has 0 radical (unpaired) electrons. The number of rotatable bonds is 14. The zero-order valence-corrected chi connectivity index (χ0v) is 15.8. The van der Waals surface area contributed by atoms with E-state index in [-0.39, 0.29) is 11.7 Å². The highest BCUT2D eigenvalue weighted by atomic mass is 16.3. The number of phenols is 1. The second kappa shape index (κ2) is 14.6. The van der Waals surface area contributed by atoms with E-state index in [4.69, 9.17) is 0 Å². The fourth-order valence-electron chi connectivity index (χ4n) is 2.79. The fourth-order valence-corrected chi connectivity index (χ4v) is 2.79. The van der Waals surface area contributed by atoms with Crippen LogP contribution in [-0.4, -0.2) is 11.0 Å². The number of phenolic OH excluding ortho intramolecular Hbond substituents is 1. The van der Waals surface area contributed by atoms with Gasteiger partial charge in [-0.3, -0.25) is 4.79 Å². The Balaban J connectivity index is 1.92. The van der Waals surface area contributed by atoms with Crippen molar-refractivity contribution in [3.63, 3.8) is 0 Å². The highest BCUT2D eigenvalue weighted by molar-refractivity contribution is 5.92. The van der Waals surface area contributed by atoms with Crippen LogP contribution in [0, 0.1) is 0 Å². The van der Waals surface area contributed by atoms with Crippen molar-refractivity contribution in [2.24, 2.45) is 0 Å². The Morgan fingerprint density at radius 2 is 1.52 bits per heavy atom. The second-order valence-electron chi connectivity index (χ2n) is 6.69. The number of allylic oxidation sites excluding steroid dienone is 2. The third-order valence-electron chi connectivity index (χ3n) is 4.34. The zero-order valence-electron chi connectivity index (χ0n) is 15.8. The minimum atomic E-state index is -0.0208. The number of aromatic hydroxyl groups is 1. The van der Waals surface area contributed by atoms with E-state index in [0.717, 1.165) is 12.8 Å². The van der Waals surface area contributed by atoms with Crippen molar-refractivity contribution in [1.29, 1.82) is 0 Å². The van der Waals surface area contributed by atoms with Gasteiger partial charge in [0.25, 0.3) is 0 Å². The van der Waals surface area contributed by atoms with Crippen LogP contribution < -0.4 is 5.32 Å². The molecule has 0 aliphatic heterocycles. The summed E-state index contributed by atoms with van der Waals surface area (Å²) in [6, 6.07) is 6.83. The van der Waals surface area contributed by atoms with Crippen molar-refractivity contribution in [3.8, 4) is 5.75 Å². The van der Waals surface area contributed by atoms with E-state index in [1.807, 2.05) is 0 Å². The van der Waals surface area contributed by atoms with Crippen LogP contribution in [0.3, 0.4) is 0 Å². The van der Waals surface area contributed by atoms with Gasteiger partial charge in [-0.2, -0.15) is 0 Å². The Morgan fingerprint density at radius 1 is 0.920 bits per heavy atom. The molecule has 0 saturated carbocycles. The van der Waals surface area contributed by atoms with Crippen molar-refractivity contribution < 1.29 is 9.90 Å².